The number of nitrogens with zero attached hydrogens (tertiary/aromatic N) is 2. The molecule has 0 aliphatic heterocycles. The van der Waals surface area contributed by atoms with Gasteiger partial charge in [-0.2, -0.15) is 0 Å². The average Bonchev–Trinajstić information content (AvgIpc) is 3.12. The number of thiazole rings is 1. The predicted molar refractivity (Wildman–Crippen MR) is 98.8 cm³/mol. The van der Waals surface area contributed by atoms with Crippen molar-refractivity contribution in [3.05, 3.63) is 23.3 Å². The van der Waals surface area contributed by atoms with Gasteiger partial charge in [0.25, 0.3) is 0 Å². The van der Waals surface area contributed by atoms with Crippen molar-refractivity contribution < 1.29 is 9.15 Å². The zero-order valence-electron chi connectivity index (χ0n) is 12.7. The summed E-state index contributed by atoms with van der Waals surface area (Å²) in [6, 6.07) is 3.69. The van der Waals surface area contributed by atoms with Crippen molar-refractivity contribution in [1.82, 2.24) is 4.98 Å². The molecule has 2 aromatic rings. The summed E-state index contributed by atoms with van der Waals surface area (Å²) in [5.41, 5.74) is 12.0. The third-order valence-corrected chi connectivity index (χ3v) is 3.40. The van der Waals surface area contributed by atoms with Crippen LogP contribution in [0.3, 0.4) is 0 Å². The van der Waals surface area contributed by atoms with E-state index in [0.29, 0.717) is 36.5 Å². The van der Waals surface area contributed by atoms with Gasteiger partial charge in [-0.25, -0.2) is 4.98 Å². The first-order chi connectivity index (χ1) is 10.2. The molecule has 0 amide bonds. The topological polar surface area (TPSA) is 112 Å². The molecule has 0 saturated heterocycles. The Morgan fingerprint density at radius 2 is 2.22 bits per heavy atom. The third kappa shape index (κ3) is 6.76. The van der Waals surface area contributed by atoms with E-state index in [0.717, 1.165) is 17.9 Å². The van der Waals surface area contributed by atoms with E-state index in [1.165, 1.54) is 11.3 Å². The normalized spacial score (nSPS) is 10.8. The highest BCUT2D eigenvalue weighted by atomic mass is 35.5. The van der Waals surface area contributed by atoms with E-state index in [9.17, 15) is 0 Å². The molecule has 0 aromatic carbocycles. The molecular weight excluding hydrogens is 361 g/mol. The standard InChI is InChI=1S/C13H19N5O2S.2ClH/c1-19-6-2-5-16-12(15)18-13-17-10(8-21-13)11-4-3-9(7-14)20-11;;/h3-4,8H,2,5-7,14H2,1H3,(H3,15,16,17,18);2*1H. The Kier molecular flexibility index (Phi) is 10.6. The Hall–Kier alpha value is -1.32. The number of anilines is 1. The van der Waals surface area contributed by atoms with Gasteiger partial charge < -0.3 is 25.9 Å². The molecule has 0 radical (unpaired) electrons. The molecule has 0 saturated carbocycles. The van der Waals surface area contributed by atoms with Crippen LogP contribution in [0.4, 0.5) is 5.13 Å². The molecule has 0 fully saturated rings. The third-order valence-electron chi connectivity index (χ3n) is 2.64. The number of aromatic nitrogens is 1. The molecule has 5 N–H and O–H groups in total. The smallest absolute Gasteiger partial charge is 0.194 e. The minimum Gasteiger partial charge on any atom is -0.458 e. The van der Waals surface area contributed by atoms with E-state index in [-0.39, 0.29) is 24.8 Å². The van der Waals surface area contributed by atoms with Crippen LogP contribution in [0, 0.1) is 0 Å². The number of aliphatic imine (C=N–C) groups is 1. The highest BCUT2D eigenvalue weighted by molar-refractivity contribution is 7.14. The quantitative estimate of drug-likeness (QED) is 0.385. The molecule has 0 aliphatic rings. The van der Waals surface area contributed by atoms with Crippen LogP contribution in [0.1, 0.15) is 12.2 Å². The fraction of sp³-hybridized carbons (Fsp3) is 0.385. The fourth-order valence-corrected chi connectivity index (χ4v) is 2.33. The lowest BCUT2D eigenvalue weighted by Gasteiger charge is -2.01. The maximum atomic E-state index is 5.79. The average molecular weight is 382 g/mol. The van der Waals surface area contributed by atoms with Gasteiger partial charge in [0, 0.05) is 25.6 Å². The van der Waals surface area contributed by atoms with E-state index in [2.05, 4.69) is 15.3 Å². The summed E-state index contributed by atoms with van der Waals surface area (Å²) in [4.78, 5) is 8.59. The molecule has 2 aromatic heterocycles. The van der Waals surface area contributed by atoms with Crippen LogP contribution >= 0.6 is 36.2 Å². The summed E-state index contributed by atoms with van der Waals surface area (Å²) in [7, 11) is 1.66. The van der Waals surface area contributed by atoms with Crippen molar-refractivity contribution in [2.24, 2.45) is 16.5 Å². The van der Waals surface area contributed by atoms with Gasteiger partial charge >= 0.3 is 0 Å². The Balaban J connectivity index is 0.00000242. The van der Waals surface area contributed by atoms with E-state index in [4.69, 9.17) is 20.6 Å². The molecule has 0 unspecified atom stereocenters. The lowest BCUT2D eigenvalue weighted by atomic mass is 10.3. The van der Waals surface area contributed by atoms with Gasteiger partial charge in [-0.1, -0.05) is 0 Å². The molecule has 0 atom stereocenters. The summed E-state index contributed by atoms with van der Waals surface area (Å²) in [6.45, 7) is 1.65. The van der Waals surface area contributed by atoms with Gasteiger partial charge in [0.15, 0.2) is 16.9 Å². The van der Waals surface area contributed by atoms with Crippen molar-refractivity contribution in [1.29, 1.82) is 0 Å². The molecule has 130 valence electrons. The molecule has 10 heteroatoms. The van der Waals surface area contributed by atoms with Crippen LogP contribution in [0.5, 0.6) is 0 Å². The lowest BCUT2D eigenvalue weighted by molar-refractivity contribution is 0.197. The molecule has 0 aliphatic carbocycles. The van der Waals surface area contributed by atoms with Gasteiger partial charge in [0.2, 0.25) is 0 Å². The van der Waals surface area contributed by atoms with Crippen molar-refractivity contribution >= 4 is 47.2 Å². The Labute approximate surface area is 151 Å². The SMILES string of the molecule is COCCCN=C(N)Nc1nc(-c2ccc(CN)o2)cs1.Cl.Cl. The number of guanidine groups is 1. The first-order valence-corrected chi connectivity index (χ1v) is 7.41. The molecular formula is C13H21Cl2N5O2S. The number of methoxy groups -OCH3 is 1. The Morgan fingerprint density at radius 1 is 1.43 bits per heavy atom. The molecule has 0 spiro atoms. The minimum atomic E-state index is 0. The molecule has 0 bridgehead atoms. The molecule has 2 heterocycles. The van der Waals surface area contributed by atoms with E-state index in [1.54, 1.807) is 7.11 Å². The number of halogens is 2. The lowest BCUT2D eigenvalue weighted by Crippen LogP contribution is -2.22. The van der Waals surface area contributed by atoms with E-state index >= 15 is 0 Å². The fourth-order valence-electron chi connectivity index (χ4n) is 1.63. The minimum absolute atomic E-state index is 0. The summed E-state index contributed by atoms with van der Waals surface area (Å²) >= 11 is 1.43. The van der Waals surface area contributed by atoms with E-state index in [1.807, 2.05) is 17.5 Å². The van der Waals surface area contributed by atoms with Crippen LogP contribution in [0.25, 0.3) is 11.5 Å². The van der Waals surface area contributed by atoms with Crippen LogP contribution in [0.2, 0.25) is 0 Å². The first kappa shape index (κ1) is 21.7. The number of hydrogen-bond acceptors (Lipinski definition) is 6. The molecule has 7 nitrogen and oxygen atoms in total. The summed E-state index contributed by atoms with van der Waals surface area (Å²) in [6.07, 6.45) is 0.830. The van der Waals surface area contributed by atoms with Crippen LogP contribution in [-0.4, -0.2) is 31.2 Å². The summed E-state index contributed by atoms with van der Waals surface area (Å²) in [5.74, 6) is 1.76. The van der Waals surface area contributed by atoms with Gasteiger partial charge in [0.05, 0.1) is 6.54 Å². The van der Waals surface area contributed by atoms with Crippen LogP contribution in [-0.2, 0) is 11.3 Å². The number of rotatable bonds is 7. The van der Waals surface area contributed by atoms with Gasteiger partial charge in [-0.3, -0.25) is 4.99 Å². The second-order valence-electron chi connectivity index (χ2n) is 4.25. The number of nitrogens with one attached hydrogen (secondary N) is 1. The number of furan rings is 1. The van der Waals surface area contributed by atoms with Gasteiger partial charge in [0.1, 0.15) is 11.5 Å². The number of ether oxygens (including phenoxy) is 1. The number of hydrogen-bond donors (Lipinski definition) is 3. The van der Waals surface area contributed by atoms with Crippen molar-refractivity contribution in [2.75, 3.05) is 25.6 Å². The van der Waals surface area contributed by atoms with Crippen molar-refractivity contribution in [3.8, 4) is 11.5 Å². The van der Waals surface area contributed by atoms with Crippen molar-refractivity contribution in [3.63, 3.8) is 0 Å². The van der Waals surface area contributed by atoms with Crippen LogP contribution < -0.4 is 16.8 Å². The summed E-state index contributed by atoms with van der Waals surface area (Å²) in [5, 5.41) is 5.52. The second kappa shape index (κ2) is 11.3. The first-order valence-electron chi connectivity index (χ1n) is 6.53. The zero-order chi connectivity index (χ0) is 15.1. The zero-order valence-corrected chi connectivity index (χ0v) is 15.1. The predicted octanol–water partition coefficient (Wildman–Crippen LogP) is 2.47. The summed E-state index contributed by atoms with van der Waals surface area (Å²) < 4.78 is 10.5. The second-order valence-corrected chi connectivity index (χ2v) is 5.10. The van der Waals surface area contributed by atoms with Crippen LogP contribution in [0.15, 0.2) is 26.9 Å². The molecule has 2 rings (SSSR count). The number of nitrogens with two attached hydrogens (primary N) is 2. The van der Waals surface area contributed by atoms with Crippen molar-refractivity contribution in [2.45, 2.75) is 13.0 Å². The Bertz CT molecular complexity index is 603. The highest BCUT2D eigenvalue weighted by Crippen LogP contribution is 2.26. The van der Waals surface area contributed by atoms with Gasteiger partial charge in [-0.05, 0) is 18.6 Å². The maximum absolute atomic E-state index is 5.79. The van der Waals surface area contributed by atoms with E-state index < -0.39 is 0 Å². The Morgan fingerprint density at radius 3 is 2.87 bits per heavy atom. The highest BCUT2D eigenvalue weighted by Gasteiger charge is 2.09. The van der Waals surface area contributed by atoms with Gasteiger partial charge in [-0.15, -0.1) is 36.2 Å². The largest absolute Gasteiger partial charge is 0.458 e. The maximum Gasteiger partial charge on any atom is 0.194 e. The molecule has 23 heavy (non-hydrogen) atoms. The monoisotopic (exact) mass is 381 g/mol.